The van der Waals surface area contributed by atoms with Crippen LogP contribution in [0.25, 0.3) is 0 Å². The smallest absolute Gasteiger partial charge is 0.176 e. The summed E-state index contributed by atoms with van der Waals surface area (Å²) in [6.07, 6.45) is 2.15. The standard InChI is InChI=1S/C15H21NO2/c1-12-4-2-6-14(8-12)15(18)10-16-7-3-5-13(9-16)11-17/h2,4,6,8,13,17H,3,5,7,9-11H2,1H3. The van der Waals surface area contributed by atoms with Crippen molar-refractivity contribution in [3.8, 4) is 0 Å². The van der Waals surface area contributed by atoms with E-state index in [4.69, 9.17) is 0 Å². The third kappa shape index (κ3) is 3.40. The Labute approximate surface area is 108 Å². The van der Waals surface area contributed by atoms with Crippen LogP contribution < -0.4 is 0 Å². The second kappa shape index (κ2) is 6.12. The highest BCUT2D eigenvalue weighted by Gasteiger charge is 2.21. The average Bonchev–Trinajstić information content (AvgIpc) is 2.39. The summed E-state index contributed by atoms with van der Waals surface area (Å²) in [4.78, 5) is 14.3. The molecule has 1 aromatic carbocycles. The monoisotopic (exact) mass is 247 g/mol. The Hall–Kier alpha value is -1.19. The van der Waals surface area contributed by atoms with Crippen molar-refractivity contribution in [1.82, 2.24) is 4.90 Å². The molecule has 0 spiro atoms. The molecule has 0 amide bonds. The molecule has 2 rings (SSSR count). The van der Waals surface area contributed by atoms with Gasteiger partial charge in [-0.05, 0) is 38.3 Å². The van der Waals surface area contributed by atoms with Crippen molar-refractivity contribution in [2.75, 3.05) is 26.2 Å². The lowest BCUT2D eigenvalue weighted by Crippen LogP contribution is -2.39. The third-order valence-corrected chi connectivity index (χ3v) is 3.57. The van der Waals surface area contributed by atoms with E-state index in [9.17, 15) is 9.90 Å². The third-order valence-electron chi connectivity index (χ3n) is 3.57. The van der Waals surface area contributed by atoms with E-state index in [-0.39, 0.29) is 12.4 Å². The Morgan fingerprint density at radius 1 is 1.50 bits per heavy atom. The van der Waals surface area contributed by atoms with Gasteiger partial charge >= 0.3 is 0 Å². The van der Waals surface area contributed by atoms with Crippen LogP contribution in [0.1, 0.15) is 28.8 Å². The van der Waals surface area contributed by atoms with Gasteiger partial charge in [0.05, 0.1) is 6.54 Å². The second-order valence-electron chi connectivity index (χ2n) is 5.22. The number of carbonyl (C=O) groups is 1. The molecular weight excluding hydrogens is 226 g/mol. The Bertz CT molecular complexity index is 417. The van der Waals surface area contributed by atoms with Gasteiger partial charge in [0.1, 0.15) is 0 Å². The van der Waals surface area contributed by atoms with Crippen LogP contribution in [-0.2, 0) is 0 Å². The zero-order chi connectivity index (χ0) is 13.0. The number of benzene rings is 1. The van der Waals surface area contributed by atoms with Crippen molar-refractivity contribution in [3.05, 3.63) is 35.4 Å². The first-order valence-electron chi connectivity index (χ1n) is 6.62. The van der Waals surface area contributed by atoms with E-state index in [1.807, 2.05) is 31.2 Å². The van der Waals surface area contributed by atoms with E-state index in [2.05, 4.69) is 4.90 Å². The number of hydrogen-bond acceptors (Lipinski definition) is 3. The van der Waals surface area contributed by atoms with Gasteiger partial charge in [-0.2, -0.15) is 0 Å². The van der Waals surface area contributed by atoms with Gasteiger partial charge in [0.2, 0.25) is 0 Å². The number of Topliss-reactive ketones (excluding diaryl/α,β-unsaturated/α-hetero) is 1. The van der Waals surface area contributed by atoms with E-state index in [1.165, 1.54) is 0 Å². The van der Waals surface area contributed by atoms with Crippen molar-refractivity contribution in [1.29, 1.82) is 0 Å². The van der Waals surface area contributed by atoms with Crippen LogP contribution in [0.3, 0.4) is 0 Å². The molecule has 1 saturated heterocycles. The molecule has 0 saturated carbocycles. The van der Waals surface area contributed by atoms with Crippen LogP contribution in [-0.4, -0.2) is 42.0 Å². The molecule has 1 atom stereocenters. The highest BCUT2D eigenvalue weighted by molar-refractivity contribution is 5.97. The molecule has 0 aliphatic carbocycles. The average molecular weight is 247 g/mol. The molecule has 98 valence electrons. The molecule has 1 fully saturated rings. The minimum atomic E-state index is 0.178. The molecule has 3 heteroatoms. The molecule has 3 nitrogen and oxygen atoms in total. The lowest BCUT2D eigenvalue weighted by Gasteiger charge is -2.31. The molecule has 0 radical (unpaired) electrons. The fraction of sp³-hybridized carbons (Fsp3) is 0.533. The lowest BCUT2D eigenvalue weighted by atomic mass is 9.98. The fourth-order valence-corrected chi connectivity index (χ4v) is 2.56. The van der Waals surface area contributed by atoms with E-state index < -0.39 is 0 Å². The molecule has 0 bridgehead atoms. The van der Waals surface area contributed by atoms with E-state index in [1.54, 1.807) is 0 Å². The van der Waals surface area contributed by atoms with Crippen molar-refractivity contribution in [3.63, 3.8) is 0 Å². The summed E-state index contributed by atoms with van der Waals surface area (Å²) in [5.74, 6) is 0.515. The van der Waals surface area contributed by atoms with Crippen molar-refractivity contribution >= 4 is 5.78 Å². The van der Waals surface area contributed by atoms with Crippen molar-refractivity contribution < 1.29 is 9.90 Å². The summed E-state index contributed by atoms with van der Waals surface area (Å²) < 4.78 is 0. The molecule has 1 unspecified atom stereocenters. The maximum Gasteiger partial charge on any atom is 0.176 e. The largest absolute Gasteiger partial charge is 0.396 e. The van der Waals surface area contributed by atoms with E-state index in [0.29, 0.717) is 12.5 Å². The van der Waals surface area contributed by atoms with Crippen LogP contribution in [0.5, 0.6) is 0 Å². The number of carbonyl (C=O) groups excluding carboxylic acids is 1. The summed E-state index contributed by atoms with van der Waals surface area (Å²) in [6, 6.07) is 7.74. The van der Waals surface area contributed by atoms with Crippen LogP contribution in [0.15, 0.2) is 24.3 Å². The fourth-order valence-electron chi connectivity index (χ4n) is 2.56. The molecule has 1 aliphatic heterocycles. The Morgan fingerprint density at radius 2 is 2.33 bits per heavy atom. The number of likely N-dealkylation sites (tertiary alicyclic amines) is 1. The maximum atomic E-state index is 12.2. The van der Waals surface area contributed by atoms with E-state index in [0.717, 1.165) is 37.1 Å². The number of nitrogens with zero attached hydrogens (tertiary/aromatic N) is 1. The van der Waals surface area contributed by atoms with Crippen LogP contribution in [0.4, 0.5) is 0 Å². The molecule has 0 aromatic heterocycles. The van der Waals surface area contributed by atoms with Gasteiger partial charge in [0.15, 0.2) is 5.78 Å². The Balaban J connectivity index is 1.95. The summed E-state index contributed by atoms with van der Waals surface area (Å²) in [6.45, 7) is 4.51. The van der Waals surface area contributed by atoms with Crippen molar-refractivity contribution in [2.24, 2.45) is 5.92 Å². The van der Waals surface area contributed by atoms with Crippen LogP contribution in [0, 0.1) is 12.8 Å². The topological polar surface area (TPSA) is 40.5 Å². The number of piperidine rings is 1. The summed E-state index contributed by atoms with van der Waals surface area (Å²) >= 11 is 0. The Kier molecular flexibility index (Phi) is 4.50. The zero-order valence-electron chi connectivity index (χ0n) is 10.9. The maximum absolute atomic E-state index is 12.2. The minimum Gasteiger partial charge on any atom is -0.396 e. The van der Waals surface area contributed by atoms with Crippen LogP contribution in [0.2, 0.25) is 0 Å². The highest BCUT2D eigenvalue weighted by Crippen LogP contribution is 2.16. The quantitative estimate of drug-likeness (QED) is 0.826. The summed E-state index contributed by atoms with van der Waals surface area (Å²) in [7, 11) is 0. The first-order valence-corrected chi connectivity index (χ1v) is 6.62. The molecule has 1 heterocycles. The highest BCUT2D eigenvalue weighted by atomic mass is 16.3. The zero-order valence-corrected chi connectivity index (χ0v) is 10.9. The summed E-state index contributed by atoms with van der Waals surface area (Å²) in [5, 5.41) is 9.18. The number of hydrogen-bond donors (Lipinski definition) is 1. The van der Waals surface area contributed by atoms with Gasteiger partial charge in [-0.15, -0.1) is 0 Å². The molecule has 1 aliphatic rings. The van der Waals surface area contributed by atoms with Gasteiger partial charge in [0.25, 0.3) is 0 Å². The lowest BCUT2D eigenvalue weighted by molar-refractivity contribution is 0.0833. The van der Waals surface area contributed by atoms with E-state index >= 15 is 0 Å². The molecule has 1 N–H and O–H groups in total. The number of rotatable bonds is 4. The predicted octanol–water partition coefficient (Wildman–Crippen LogP) is 1.88. The predicted molar refractivity (Wildman–Crippen MR) is 71.8 cm³/mol. The number of ketones is 1. The number of aliphatic hydroxyl groups excluding tert-OH is 1. The summed E-state index contributed by atoms with van der Waals surface area (Å²) in [5.41, 5.74) is 1.91. The van der Waals surface area contributed by atoms with Crippen molar-refractivity contribution in [2.45, 2.75) is 19.8 Å². The van der Waals surface area contributed by atoms with Gasteiger partial charge in [-0.3, -0.25) is 9.69 Å². The first-order chi connectivity index (χ1) is 8.69. The number of aliphatic hydroxyl groups is 1. The molecule has 1 aromatic rings. The van der Waals surface area contributed by atoms with Gasteiger partial charge in [-0.25, -0.2) is 0 Å². The molecule has 18 heavy (non-hydrogen) atoms. The van der Waals surface area contributed by atoms with Crippen LogP contribution >= 0.6 is 0 Å². The normalized spacial score (nSPS) is 20.9. The second-order valence-corrected chi connectivity index (χ2v) is 5.22. The molecular formula is C15H21NO2. The van der Waals surface area contributed by atoms with Gasteiger partial charge in [-0.1, -0.05) is 23.8 Å². The first kappa shape index (κ1) is 13.2. The minimum absolute atomic E-state index is 0.178. The SMILES string of the molecule is Cc1cccc(C(=O)CN2CCCC(CO)C2)c1. The van der Waals surface area contributed by atoms with Gasteiger partial charge < -0.3 is 5.11 Å². The van der Waals surface area contributed by atoms with Gasteiger partial charge in [0, 0.05) is 18.7 Å². The number of aryl methyl sites for hydroxylation is 1. The Morgan fingerprint density at radius 3 is 3.06 bits per heavy atom.